The molecule has 0 spiro atoms. The van der Waals surface area contributed by atoms with Gasteiger partial charge in [0.15, 0.2) is 11.4 Å². The van der Waals surface area contributed by atoms with Crippen LogP contribution in [0.4, 0.5) is 0 Å². The number of hydrogen-bond acceptors (Lipinski definition) is 8. The number of carbonyl (C=O) groups excluding carboxylic acids is 5. The Labute approximate surface area is 229 Å². The lowest BCUT2D eigenvalue weighted by Gasteiger charge is -2.36. The summed E-state index contributed by atoms with van der Waals surface area (Å²) in [6, 6.07) is 8.48. The van der Waals surface area contributed by atoms with Crippen molar-refractivity contribution in [3.63, 3.8) is 0 Å². The van der Waals surface area contributed by atoms with Crippen molar-refractivity contribution in [2.75, 3.05) is 0 Å². The van der Waals surface area contributed by atoms with Crippen LogP contribution in [0.2, 0.25) is 0 Å². The van der Waals surface area contributed by atoms with Crippen LogP contribution in [0.1, 0.15) is 71.7 Å². The van der Waals surface area contributed by atoms with E-state index >= 15 is 0 Å². The molecule has 8 heteroatoms. The smallest absolute Gasteiger partial charge is 0.338 e. The number of carbonyl (C=O) groups is 5. The standard InChI is InChI=1S/C31H38O8/c1-18-13-14-30(6,7)26(34)16-25(37-21(4)32)19(2)15-24-27(38-29(36)23-11-9-8-10-12-23)20(3)17-31(24,28(18)35)39-22(5)33/h8-15,18,20,24-25,27H,16-17H2,1-7H3/b14-13-,19-15?/t18-,20-,24+,25-,27+,31-/m1/s1. The van der Waals surface area contributed by atoms with Crippen LogP contribution in [-0.2, 0) is 33.4 Å². The van der Waals surface area contributed by atoms with Crippen LogP contribution in [0.5, 0.6) is 0 Å². The minimum atomic E-state index is -1.63. The minimum Gasteiger partial charge on any atom is -0.458 e. The highest BCUT2D eigenvalue weighted by Gasteiger charge is 2.60. The van der Waals surface area contributed by atoms with Gasteiger partial charge in [0.05, 0.1) is 11.5 Å². The predicted molar refractivity (Wildman–Crippen MR) is 143 cm³/mol. The van der Waals surface area contributed by atoms with E-state index in [1.807, 2.05) is 6.92 Å². The van der Waals surface area contributed by atoms with Crippen LogP contribution < -0.4 is 0 Å². The zero-order valence-corrected chi connectivity index (χ0v) is 23.7. The van der Waals surface area contributed by atoms with E-state index < -0.39 is 53.0 Å². The molecule has 8 nitrogen and oxygen atoms in total. The molecular formula is C31H38O8. The van der Waals surface area contributed by atoms with Crippen LogP contribution in [0.15, 0.2) is 54.1 Å². The molecule has 1 saturated carbocycles. The van der Waals surface area contributed by atoms with Gasteiger partial charge < -0.3 is 14.2 Å². The Morgan fingerprint density at radius 1 is 0.949 bits per heavy atom. The number of rotatable bonds is 4. The number of esters is 3. The summed E-state index contributed by atoms with van der Waals surface area (Å²) in [5.41, 5.74) is -1.73. The Morgan fingerprint density at radius 3 is 2.18 bits per heavy atom. The summed E-state index contributed by atoms with van der Waals surface area (Å²) in [7, 11) is 0. The molecule has 0 aromatic heterocycles. The van der Waals surface area contributed by atoms with Crippen LogP contribution in [0, 0.1) is 23.2 Å². The van der Waals surface area contributed by atoms with Gasteiger partial charge >= 0.3 is 17.9 Å². The molecule has 1 fully saturated rings. The molecule has 2 aliphatic rings. The minimum absolute atomic E-state index is 0.0844. The van der Waals surface area contributed by atoms with E-state index in [4.69, 9.17) is 14.2 Å². The molecule has 2 aliphatic carbocycles. The first kappa shape index (κ1) is 30.0. The van der Waals surface area contributed by atoms with Crippen molar-refractivity contribution < 1.29 is 38.2 Å². The van der Waals surface area contributed by atoms with E-state index in [1.165, 1.54) is 13.8 Å². The average Bonchev–Trinajstić information content (AvgIpc) is 3.11. The molecule has 0 bridgehead atoms. The topological polar surface area (TPSA) is 113 Å². The zero-order chi connectivity index (χ0) is 29.1. The molecule has 0 heterocycles. The van der Waals surface area contributed by atoms with Crippen molar-refractivity contribution in [2.45, 2.75) is 79.1 Å². The van der Waals surface area contributed by atoms with Crippen molar-refractivity contribution in [3.05, 3.63) is 59.7 Å². The van der Waals surface area contributed by atoms with Crippen LogP contribution in [-0.4, -0.2) is 47.3 Å². The third-order valence-electron chi connectivity index (χ3n) is 7.64. The Kier molecular flexibility index (Phi) is 8.98. The largest absolute Gasteiger partial charge is 0.458 e. The van der Waals surface area contributed by atoms with Crippen molar-refractivity contribution in [2.24, 2.45) is 23.2 Å². The molecule has 3 rings (SSSR count). The molecule has 0 N–H and O–H groups in total. The SMILES string of the molecule is CC(=O)O[C@@H]1CC(=O)C(C)(C)/C=C\[C@@H](C)C(=O)[C@@]2(OC(C)=O)C[C@@H](C)[C@H](OC(=O)c3ccccc3)[C@@H]2C=C1C. The van der Waals surface area contributed by atoms with Gasteiger partial charge in [-0.3, -0.25) is 19.2 Å². The number of ether oxygens (including phenoxy) is 3. The fourth-order valence-electron chi connectivity index (χ4n) is 5.48. The van der Waals surface area contributed by atoms with E-state index in [1.54, 1.807) is 76.3 Å². The molecule has 0 radical (unpaired) electrons. The second-order valence-electron chi connectivity index (χ2n) is 11.3. The fraction of sp³-hybridized carbons (Fsp3) is 0.516. The average molecular weight is 539 g/mol. The zero-order valence-electron chi connectivity index (χ0n) is 23.7. The second-order valence-corrected chi connectivity index (χ2v) is 11.3. The van der Waals surface area contributed by atoms with Crippen LogP contribution in [0.3, 0.4) is 0 Å². The lowest BCUT2D eigenvalue weighted by Crippen LogP contribution is -2.50. The molecule has 0 aliphatic heterocycles. The van der Waals surface area contributed by atoms with Gasteiger partial charge in [0.1, 0.15) is 18.0 Å². The summed E-state index contributed by atoms with van der Waals surface area (Å²) >= 11 is 0. The number of benzene rings is 1. The third kappa shape index (κ3) is 6.54. The first-order chi connectivity index (χ1) is 18.2. The summed E-state index contributed by atoms with van der Waals surface area (Å²) in [6.45, 7) is 11.2. The van der Waals surface area contributed by atoms with Gasteiger partial charge in [-0.1, -0.05) is 50.3 Å². The van der Waals surface area contributed by atoms with E-state index in [9.17, 15) is 24.0 Å². The highest BCUT2D eigenvalue weighted by Crippen LogP contribution is 2.48. The number of allylic oxidation sites excluding steroid dienone is 2. The summed E-state index contributed by atoms with van der Waals surface area (Å²) in [6.07, 6.45) is 3.30. The molecule has 210 valence electrons. The molecule has 39 heavy (non-hydrogen) atoms. The molecule has 0 saturated heterocycles. The first-order valence-electron chi connectivity index (χ1n) is 13.3. The predicted octanol–water partition coefficient (Wildman–Crippen LogP) is 4.81. The first-order valence-corrected chi connectivity index (χ1v) is 13.3. The van der Waals surface area contributed by atoms with Crippen LogP contribution in [0.25, 0.3) is 0 Å². The van der Waals surface area contributed by atoms with Crippen LogP contribution >= 0.6 is 0 Å². The van der Waals surface area contributed by atoms with Gasteiger partial charge in [-0.05, 0) is 44.4 Å². The maximum absolute atomic E-state index is 14.1. The van der Waals surface area contributed by atoms with E-state index in [0.29, 0.717) is 11.1 Å². The van der Waals surface area contributed by atoms with Gasteiger partial charge in [0.25, 0.3) is 0 Å². The van der Waals surface area contributed by atoms with Crippen molar-refractivity contribution >= 4 is 29.5 Å². The molecule has 1 aromatic carbocycles. The van der Waals surface area contributed by atoms with E-state index in [0.717, 1.165) is 0 Å². The maximum Gasteiger partial charge on any atom is 0.338 e. The molecule has 6 atom stereocenters. The normalized spacial score (nSPS) is 31.6. The van der Waals surface area contributed by atoms with Gasteiger partial charge in [-0.2, -0.15) is 0 Å². The lowest BCUT2D eigenvalue weighted by atomic mass is 9.76. The van der Waals surface area contributed by atoms with Gasteiger partial charge in [-0.25, -0.2) is 4.79 Å². The monoisotopic (exact) mass is 538 g/mol. The highest BCUT2D eigenvalue weighted by atomic mass is 16.6. The van der Waals surface area contributed by atoms with E-state index in [2.05, 4.69) is 0 Å². The summed E-state index contributed by atoms with van der Waals surface area (Å²) < 4.78 is 17.4. The number of hydrogen-bond donors (Lipinski definition) is 0. The molecule has 0 unspecified atom stereocenters. The Bertz CT molecular complexity index is 1190. The van der Waals surface area contributed by atoms with Gasteiger partial charge in [-0.15, -0.1) is 0 Å². The van der Waals surface area contributed by atoms with Gasteiger partial charge in [0, 0.05) is 38.0 Å². The van der Waals surface area contributed by atoms with E-state index in [-0.39, 0.29) is 30.3 Å². The summed E-state index contributed by atoms with van der Waals surface area (Å²) in [4.78, 5) is 64.9. The molecule has 1 aromatic rings. The summed E-state index contributed by atoms with van der Waals surface area (Å²) in [5.74, 6) is -4.25. The third-order valence-corrected chi connectivity index (χ3v) is 7.64. The highest BCUT2D eigenvalue weighted by molar-refractivity contribution is 5.94. The van der Waals surface area contributed by atoms with Crippen molar-refractivity contribution in [1.29, 1.82) is 0 Å². The Balaban J connectivity index is 2.21. The van der Waals surface area contributed by atoms with Crippen molar-refractivity contribution in [1.82, 2.24) is 0 Å². The number of ketones is 2. The maximum atomic E-state index is 14.1. The Hall–Kier alpha value is -3.55. The van der Waals surface area contributed by atoms with Gasteiger partial charge in [0.2, 0.25) is 0 Å². The van der Waals surface area contributed by atoms with Crippen molar-refractivity contribution in [3.8, 4) is 0 Å². The Morgan fingerprint density at radius 2 is 1.59 bits per heavy atom. The molecular weight excluding hydrogens is 500 g/mol. The lowest BCUT2D eigenvalue weighted by molar-refractivity contribution is -0.171. The number of fused-ring (bicyclic) bond motifs is 1. The molecule has 0 amide bonds. The quantitative estimate of drug-likeness (QED) is 0.305. The number of Topliss-reactive ketones (excluding diaryl/α,β-unsaturated/α-hetero) is 2. The fourth-order valence-corrected chi connectivity index (χ4v) is 5.48. The second kappa shape index (κ2) is 11.7. The summed E-state index contributed by atoms with van der Waals surface area (Å²) in [5, 5.41) is 0.